The number of halogens is 1. The van der Waals surface area contributed by atoms with Gasteiger partial charge in [-0.3, -0.25) is 0 Å². The molecule has 0 aliphatic heterocycles. The van der Waals surface area contributed by atoms with Gasteiger partial charge >= 0.3 is 0 Å². The fourth-order valence-electron chi connectivity index (χ4n) is 1.63. The summed E-state index contributed by atoms with van der Waals surface area (Å²) in [6.45, 7) is 0.739. The van der Waals surface area contributed by atoms with Crippen molar-refractivity contribution in [2.24, 2.45) is 5.73 Å². The van der Waals surface area contributed by atoms with Crippen molar-refractivity contribution in [3.63, 3.8) is 0 Å². The van der Waals surface area contributed by atoms with E-state index in [1.165, 1.54) is 0 Å². The molecule has 0 amide bonds. The molecule has 1 aromatic heterocycles. The van der Waals surface area contributed by atoms with Gasteiger partial charge in [-0.15, -0.1) is 0 Å². The van der Waals surface area contributed by atoms with E-state index in [0.29, 0.717) is 29.8 Å². The second-order valence-electron chi connectivity index (χ2n) is 3.92. The molecule has 2 aromatic rings. The number of methoxy groups -OCH3 is 1. The molecule has 4 nitrogen and oxygen atoms in total. The van der Waals surface area contributed by atoms with Crippen molar-refractivity contribution in [2.75, 3.05) is 7.11 Å². The Bertz CT molecular complexity index is 561. The maximum atomic E-state index is 5.95. The molecule has 100 valence electrons. The lowest BCUT2D eigenvalue weighted by Gasteiger charge is -2.11. The first kappa shape index (κ1) is 13.6. The van der Waals surface area contributed by atoms with E-state index in [2.05, 4.69) is 4.98 Å². The van der Waals surface area contributed by atoms with E-state index < -0.39 is 0 Å². The van der Waals surface area contributed by atoms with Gasteiger partial charge in [0, 0.05) is 23.2 Å². The molecule has 2 rings (SSSR count). The molecule has 1 aromatic carbocycles. The summed E-state index contributed by atoms with van der Waals surface area (Å²) in [5.74, 6) is 1.24. The first-order valence-electron chi connectivity index (χ1n) is 5.84. The van der Waals surface area contributed by atoms with Crippen molar-refractivity contribution in [3.05, 3.63) is 52.7 Å². The second kappa shape index (κ2) is 6.41. The van der Waals surface area contributed by atoms with Gasteiger partial charge in [0.1, 0.15) is 12.4 Å². The van der Waals surface area contributed by atoms with Gasteiger partial charge in [-0.1, -0.05) is 23.7 Å². The quantitative estimate of drug-likeness (QED) is 0.914. The van der Waals surface area contributed by atoms with Gasteiger partial charge in [-0.25, -0.2) is 4.98 Å². The van der Waals surface area contributed by atoms with Crippen LogP contribution in [0.4, 0.5) is 0 Å². The number of hydrogen-bond acceptors (Lipinski definition) is 4. The highest BCUT2D eigenvalue weighted by Gasteiger charge is 2.05. The van der Waals surface area contributed by atoms with E-state index in [1.807, 2.05) is 18.2 Å². The van der Waals surface area contributed by atoms with Crippen molar-refractivity contribution in [2.45, 2.75) is 13.2 Å². The molecule has 0 atom stereocenters. The maximum absolute atomic E-state index is 5.95. The predicted molar refractivity (Wildman–Crippen MR) is 74.5 cm³/mol. The Morgan fingerprint density at radius 3 is 2.84 bits per heavy atom. The van der Waals surface area contributed by atoms with Crippen molar-refractivity contribution in [1.29, 1.82) is 0 Å². The summed E-state index contributed by atoms with van der Waals surface area (Å²) in [5.41, 5.74) is 7.35. The van der Waals surface area contributed by atoms with Crippen LogP contribution in [0.25, 0.3) is 0 Å². The molecule has 1 heterocycles. The summed E-state index contributed by atoms with van der Waals surface area (Å²) in [4.78, 5) is 4.27. The molecule has 0 saturated heterocycles. The third-order valence-electron chi connectivity index (χ3n) is 2.62. The molecular weight excluding hydrogens is 264 g/mol. The number of nitrogens with two attached hydrogens (primary N) is 1. The number of nitrogens with zero attached hydrogens (tertiary/aromatic N) is 1. The molecule has 0 aliphatic rings. The fourth-order valence-corrected chi connectivity index (χ4v) is 1.80. The molecule has 0 bridgehead atoms. The van der Waals surface area contributed by atoms with Gasteiger partial charge in [0.15, 0.2) is 0 Å². The summed E-state index contributed by atoms with van der Waals surface area (Å²) in [7, 11) is 1.58. The Morgan fingerprint density at radius 2 is 2.11 bits per heavy atom. The molecule has 0 radical (unpaired) electrons. The first-order valence-corrected chi connectivity index (χ1v) is 6.22. The lowest BCUT2D eigenvalue weighted by Crippen LogP contribution is -2.04. The number of aromatic nitrogens is 1. The molecule has 2 N–H and O–H groups in total. The topological polar surface area (TPSA) is 57.4 Å². The highest BCUT2D eigenvalue weighted by atomic mass is 35.5. The maximum Gasteiger partial charge on any atom is 0.213 e. The number of ether oxygens (including phenoxy) is 2. The Balaban J connectivity index is 2.11. The number of hydrogen-bond donors (Lipinski definition) is 1. The standard InChI is InChI=1S/C14H15ClN2O2/c1-18-14-4-2-3-12(17-14)9-19-13-7-11(15)6-5-10(13)8-16/h2-7H,8-9,16H2,1H3. The Kier molecular flexibility index (Phi) is 4.60. The Morgan fingerprint density at radius 1 is 1.26 bits per heavy atom. The average Bonchev–Trinajstić information content (AvgIpc) is 2.45. The normalized spacial score (nSPS) is 10.3. The first-order chi connectivity index (χ1) is 9.22. The van der Waals surface area contributed by atoms with Crippen LogP contribution >= 0.6 is 11.6 Å². The summed E-state index contributed by atoms with van der Waals surface area (Å²) < 4.78 is 10.8. The van der Waals surface area contributed by atoms with Crippen LogP contribution in [0, 0.1) is 0 Å². The van der Waals surface area contributed by atoms with Gasteiger partial charge in [0.05, 0.1) is 12.8 Å². The van der Waals surface area contributed by atoms with Gasteiger partial charge in [-0.05, 0) is 18.2 Å². The third kappa shape index (κ3) is 3.59. The van der Waals surface area contributed by atoms with Crippen LogP contribution in [-0.2, 0) is 13.2 Å². The Hall–Kier alpha value is -1.78. The van der Waals surface area contributed by atoms with E-state index in [-0.39, 0.29) is 0 Å². The minimum absolute atomic E-state index is 0.338. The second-order valence-corrected chi connectivity index (χ2v) is 4.35. The lowest BCUT2D eigenvalue weighted by atomic mass is 10.2. The SMILES string of the molecule is COc1cccc(COc2cc(Cl)ccc2CN)n1. The highest BCUT2D eigenvalue weighted by Crippen LogP contribution is 2.24. The molecule has 0 fully saturated rings. The minimum atomic E-state index is 0.338. The van der Waals surface area contributed by atoms with E-state index >= 15 is 0 Å². The average molecular weight is 279 g/mol. The number of pyridine rings is 1. The highest BCUT2D eigenvalue weighted by molar-refractivity contribution is 6.30. The summed E-state index contributed by atoms with van der Waals surface area (Å²) in [6.07, 6.45) is 0. The number of benzene rings is 1. The van der Waals surface area contributed by atoms with Crippen LogP contribution in [0.3, 0.4) is 0 Å². The van der Waals surface area contributed by atoms with Crippen LogP contribution in [0.15, 0.2) is 36.4 Å². The van der Waals surface area contributed by atoms with Gasteiger partial charge in [0.2, 0.25) is 5.88 Å². The smallest absolute Gasteiger partial charge is 0.213 e. The van der Waals surface area contributed by atoms with Crippen LogP contribution in [0.1, 0.15) is 11.3 Å². The summed E-state index contributed by atoms with van der Waals surface area (Å²) in [5, 5.41) is 0.616. The van der Waals surface area contributed by atoms with Crippen molar-refractivity contribution < 1.29 is 9.47 Å². The molecule has 19 heavy (non-hydrogen) atoms. The molecule has 0 unspecified atom stereocenters. The van der Waals surface area contributed by atoms with Gasteiger partial charge < -0.3 is 15.2 Å². The summed E-state index contributed by atoms with van der Waals surface area (Å²) in [6, 6.07) is 10.9. The fraction of sp³-hybridized carbons (Fsp3) is 0.214. The largest absolute Gasteiger partial charge is 0.487 e. The van der Waals surface area contributed by atoms with Gasteiger partial charge in [-0.2, -0.15) is 0 Å². The van der Waals surface area contributed by atoms with Gasteiger partial charge in [0.25, 0.3) is 0 Å². The molecule has 5 heteroatoms. The van der Waals surface area contributed by atoms with Crippen LogP contribution in [0.5, 0.6) is 11.6 Å². The molecule has 0 saturated carbocycles. The van der Waals surface area contributed by atoms with E-state index in [4.69, 9.17) is 26.8 Å². The molecule has 0 aliphatic carbocycles. The Labute approximate surface area is 117 Å². The number of rotatable bonds is 5. The lowest BCUT2D eigenvalue weighted by molar-refractivity contribution is 0.295. The van der Waals surface area contributed by atoms with E-state index in [9.17, 15) is 0 Å². The van der Waals surface area contributed by atoms with Crippen molar-refractivity contribution in [1.82, 2.24) is 4.98 Å². The molecule has 0 spiro atoms. The predicted octanol–water partition coefficient (Wildman–Crippen LogP) is 2.78. The zero-order chi connectivity index (χ0) is 13.7. The zero-order valence-corrected chi connectivity index (χ0v) is 11.4. The van der Waals surface area contributed by atoms with E-state index in [1.54, 1.807) is 25.3 Å². The molecular formula is C14H15ClN2O2. The van der Waals surface area contributed by atoms with E-state index in [0.717, 1.165) is 11.3 Å². The van der Waals surface area contributed by atoms with Crippen molar-refractivity contribution in [3.8, 4) is 11.6 Å². The van der Waals surface area contributed by atoms with Crippen LogP contribution in [0.2, 0.25) is 5.02 Å². The monoisotopic (exact) mass is 278 g/mol. The van der Waals surface area contributed by atoms with Crippen LogP contribution in [-0.4, -0.2) is 12.1 Å². The van der Waals surface area contributed by atoms with Crippen LogP contribution < -0.4 is 15.2 Å². The summed E-state index contributed by atoms with van der Waals surface area (Å²) >= 11 is 5.95. The zero-order valence-electron chi connectivity index (χ0n) is 10.6. The van der Waals surface area contributed by atoms with Crippen molar-refractivity contribution >= 4 is 11.6 Å². The minimum Gasteiger partial charge on any atom is -0.487 e. The third-order valence-corrected chi connectivity index (χ3v) is 2.85.